The molecule has 1 aromatic carbocycles. The molecule has 0 aliphatic carbocycles. The van der Waals surface area contributed by atoms with Gasteiger partial charge in [0.15, 0.2) is 0 Å². The van der Waals surface area contributed by atoms with Crippen molar-refractivity contribution in [2.75, 3.05) is 24.5 Å². The lowest BCUT2D eigenvalue weighted by Crippen LogP contribution is -2.38. The van der Waals surface area contributed by atoms with Crippen LogP contribution >= 0.6 is 0 Å². The number of anilines is 1. The molecule has 2 aliphatic rings. The molecule has 3 heterocycles. The zero-order chi connectivity index (χ0) is 20.4. The summed E-state index contributed by atoms with van der Waals surface area (Å²) in [5, 5.41) is 0. The van der Waals surface area contributed by atoms with Gasteiger partial charge in [0.05, 0.1) is 6.42 Å². The molecule has 29 heavy (non-hydrogen) atoms. The molecule has 0 unspecified atom stereocenters. The summed E-state index contributed by atoms with van der Waals surface area (Å²) in [7, 11) is 0. The summed E-state index contributed by atoms with van der Waals surface area (Å²) in [4.78, 5) is 37.7. The molecule has 0 saturated carbocycles. The average molecular weight is 393 g/mol. The van der Waals surface area contributed by atoms with Crippen molar-refractivity contribution in [2.24, 2.45) is 0 Å². The third kappa shape index (κ3) is 4.16. The zero-order valence-corrected chi connectivity index (χ0v) is 17.2. The standard InChI is InChI=1S/C23H28N4O2/c1-16-20-14-21(29)27(13-6-10-18-8-4-3-5-9-18)23(20)25-22(24-16)19-11-7-12-26(15-19)17(2)28/h3-5,8-9,19H,6-7,10-15H2,1-2H3/t19-/m1/s1. The maximum Gasteiger partial charge on any atom is 0.232 e. The second kappa shape index (κ2) is 8.31. The number of piperidine rings is 1. The lowest BCUT2D eigenvalue weighted by molar-refractivity contribution is -0.130. The predicted octanol–water partition coefficient (Wildman–Crippen LogP) is 3.03. The van der Waals surface area contributed by atoms with Crippen LogP contribution in [0.3, 0.4) is 0 Å². The second-order valence-electron chi connectivity index (χ2n) is 8.08. The maximum absolute atomic E-state index is 12.7. The molecule has 1 atom stereocenters. The van der Waals surface area contributed by atoms with E-state index in [0.29, 0.717) is 19.5 Å². The molecule has 152 valence electrons. The van der Waals surface area contributed by atoms with Crippen LogP contribution in [0.15, 0.2) is 30.3 Å². The van der Waals surface area contributed by atoms with E-state index in [9.17, 15) is 9.59 Å². The topological polar surface area (TPSA) is 66.4 Å². The lowest BCUT2D eigenvalue weighted by atomic mass is 9.96. The van der Waals surface area contributed by atoms with E-state index in [1.54, 1.807) is 6.92 Å². The third-order valence-electron chi connectivity index (χ3n) is 6.02. The number of amides is 2. The predicted molar refractivity (Wildman–Crippen MR) is 112 cm³/mol. The number of aryl methyl sites for hydroxylation is 2. The van der Waals surface area contributed by atoms with E-state index in [4.69, 9.17) is 9.97 Å². The van der Waals surface area contributed by atoms with Crippen molar-refractivity contribution in [3.63, 3.8) is 0 Å². The average Bonchev–Trinajstić information content (AvgIpc) is 3.05. The number of nitrogens with zero attached hydrogens (tertiary/aromatic N) is 4. The number of carbonyl (C=O) groups is 2. The number of hydrogen-bond acceptors (Lipinski definition) is 4. The van der Waals surface area contributed by atoms with Gasteiger partial charge in [0, 0.05) is 43.7 Å². The van der Waals surface area contributed by atoms with Gasteiger partial charge in [0.2, 0.25) is 11.8 Å². The van der Waals surface area contributed by atoms with Crippen LogP contribution in [0.5, 0.6) is 0 Å². The van der Waals surface area contributed by atoms with Gasteiger partial charge >= 0.3 is 0 Å². The molecule has 1 fully saturated rings. The van der Waals surface area contributed by atoms with E-state index in [0.717, 1.165) is 55.1 Å². The molecule has 0 spiro atoms. The van der Waals surface area contributed by atoms with E-state index in [1.165, 1.54) is 5.56 Å². The van der Waals surface area contributed by atoms with Crippen LogP contribution in [-0.4, -0.2) is 46.3 Å². The third-order valence-corrected chi connectivity index (χ3v) is 6.02. The minimum atomic E-state index is 0.102. The Bertz CT molecular complexity index is 913. The molecule has 0 N–H and O–H groups in total. The van der Waals surface area contributed by atoms with Gasteiger partial charge in [-0.3, -0.25) is 14.5 Å². The number of fused-ring (bicyclic) bond motifs is 1. The fourth-order valence-corrected chi connectivity index (χ4v) is 4.37. The summed E-state index contributed by atoms with van der Waals surface area (Å²) < 4.78 is 0. The maximum atomic E-state index is 12.7. The fourth-order valence-electron chi connectivity index (χ4n) is 4.37. The Kier molecular flexibility index (Phi) is 5.60. The van der Waals surface area contributed by atoms with Crippen LogP contribution in [0.1, 0.15) is 54.7 Å². The minimum absolute atomic E-state index is 0.102. The molecule has 0 radical (unpaired) electrons. The van der Waals surface area contributed by atoms with Gasteiger partial charge in [0.25, 0.3) is 0 Å². The summed E-state index contributed by atoms with van der Waals surface area (Å²) in [6, 6.07) is 10.3. The molecule has 6 heteroatoms. The van der Waals surface area contributed by atoms with Gasteiger partial charge in [-0.05, 0) is 38.2 Å². The first-order valence-electron chi connectivity index (χ1n) is 10.5. The van der Waals surface area contributed by atoms with Crippen LogP contribution in [-0.2, 0) is 22.4 Å². The molecule has 0 bridgehead atoms. The highest BCUT2D eigenvalue weighted by molar-refractivity contribution is 6.00. The first-order valence-corrected chi connectivity index (χ1v) is 10.5. The van der Waals surface area contributed by atoms with Crippen LogP contribution in [0.4, 0.5) is 5.82 Å². The molecule has 4 rings (SSSR count). The van der Waals surface area contributed by atoms with E-state index in [2.05, 4.69) is 12.1 Å². The largest absolute Gasteiger partial charge is 0.342 e. The first-order chi connectivity index (χ1) is 14.0. The van der Waals surface area contributed by atoms with E-state index in [1.807, 2.05) is 34.9 Å². The first kappa shape index (κ1) is 19.6. The van der Waals surface area contributed by atoms with Gasteiger partial charge in [-0.1, -0.05) is 30.3 Å². The van der Waals surface area contributed by atoms with Gasteiger partial charge in [-0.2, -0.15) is 0 Å². The smallest absolute Gasteiger partial charge is 0.232 e. The number of rotatable bonds is 5. The van der Waals surface area contributed by atoms with Crippen LogP contribution < -0.4 is 4.90 Å². The van der Waals surface area contributed by atoms with Crippen molar-refractivity contribution in [3.8, 4) is 0 Å². The van der Waals surface area contributed by atoms with Crippen LogP contribution in [0.2, 0.25) is 0 Å². The van der Waals surface area contributed by atoms with E-state index < -0.39 is 0 Å². The normalized spacial score (nSPS) is 18.8. The summed E-state index contributed by atoms with van der Waals surface area (Å²) in [5.74, 6) is 1.90. The number of aromatic nitrogens is 2. The van der Waals surface area contributed by atoms with Crippen molar-refractivity contribution in [3.05, 3.63) is 53.0 Å². The molecule has 1 aromatic heterocycles. The highest BCUT2D eigenvalue weighted by Crippen LogP contribution is 2.32. The van der Waals surface area contributed by atoms with Gasteiger partial charge in [-0.25, -0.2) is 9.97 Å². The molecule has 2 aliphatic heterocycles. The Labute approximate surface area is 172 Å². The van der Waals surface area contributed by atoms with Gasteiger partial charge in [0.1, 0.15) is 11.6 Å². The molecule has 6 nitrogen and oxygen atoms in total. The summed E-state index contributed by atoms with van der Waals surface area (Å²) in [6.07, 6.45) is 4.16. The molecule has 1 saturated heterocycles. The second-order valence-corrected chi connectivity index (χ2v) is 8.08. The number of benzene rings is 1. The monoisotopic (exact) mass is 392 g/mol. The Morgan fingerprint density at radius 1 is 1.21 bits per heavy atom. The van der Waals surface area contributed by atoms with Crippen molar-refractivity contribution in [2.45, 2.75) is 51.9 Å². The fraction of sp³-hybridized carbons (Fsp3) is 0.478. The highest BCUT2D eigenvalue weighted by Gasteiger charge is 2.33. The summed E-state index contributed by atoms with van der Waals surface area (Å²) >= 11 is 0. The number of likely N-dealkylation sites (tertiary alicyclic amines) is 1. The van der Waals surface area contributed by atoms with Crippen molar-refractivity contribution < 1.29 is 9.59 Å². The lowest BCUT2D eigenvalue weighted by Gasteiger charge is -2.31. The van der Waals surface area contributed by atoms with Crippen molar-refractivity contribution in [1.29, 1.82) is 0 Å². The molecular weight excluding hydrogens is 364 g/mol. The van der Waals surface area contributed by atoms with Gasteiger partial charge < -0.3 is 4.90 Å². The molecule has 2 aromatic rings. The Balaban J connectivity index is 1.51. The van der Waals surface area contributed by atoms with Gasteiger partial charge in [-0.15, -0.1) is 0 Å². The summed E-state index contributed by atoms with van der Waals surface area (Å²) in [5.41, 5.74) is 3.13. The Morgan fingerprint density at radius 3 is 2.76 bits per heavy atom. The van der Waals surface area contributed by atoms with Crippen molar-refractivity contribution in [1.82, 2.24) is 14.9 Å². The van der Waals surface area contributed by atoms with E-state index >= 15 is 0 Å². The Hall–Kier alpha value is -2.76. The van der Waals surface area contributed by atoms with E-state index in [-0.39, 0.29) is 17.7 Å². The van der Waals surface area contributed by atoms with Crippen molar-refractivity contribution >= 4 is 17.6 Å². The number of hydrogen-bond donors (Lipinski definition) is 0. The number of carbonyl (C=O) groups excluding carboxylic acids is 2. The molecule has 2 amide bonds. The van der Waals surface area contributed by atoms with Crippen LogP contribution in [0, 0.1) is 6.92 Å². The minimum Gasteiger partial charge on any atom is -0.342 e. The highest BCUT2D eigenvalue weighted by atomic mass is 16.2. The zero-order valence-electron chi connectivity index (χ0n) is 17.2. The van der Waals surface area contributed by atoms with Crippen LogP contribution in [0.25, 0.3) is 0 Å². The quantitative estimate of drug-likeness (QED) is 0.784. The summed E-state index contributed by atoms with van der Waals surface area (Å²) in [6.45, 7) is 5.72. The molecular formula is C23H28N4O2. The Morgan fingerprint density at radius 2 is 2.00 bits per heavy atom. The SMILES string of the molecule is CC(=O)N1CCC[C@@H](c2nc(C)c3c(n2)N(CCCc2ccccc2)C(=O)C3)C1.